The maximum Gasteiger partial charge on any atom is 0.411 e. The van der Waals surface area contributed by atoms with Crippen LogP contribution in [-0.2, 0) is 5.41 Å². The predicted molar refractivity (Wildman–Crippen MR) is 164 cm³/mol. The summed E-state index contributed by atoms with van der Waals surface area (Å²) in [5.41, 5.74) is -10.6. The molecule has 0 fully saturated rings. The number of alkyl halides is 6. The van der Waals surface area contributed by atoms with Crippen LogP contribution in [0.3, 0.4) is 0 Å². The Labute approximate surface area is 279 Å². The average molecular weight is 713 g/mol. The van der Waals surface area contributed by atoms with Gasteiger partial charge in [0.25, 0.3) is 0 Å². The van der Waals surface area contributed by atoms with Crippen molar-refractivity contribution in [3.63, 3.8) is 0 Å². The summed E-state index contributed by atoms with van der Waals surface area (Å²) in [5.74, 6) is -7.40. The molecule has 0 bridgehead atoms. The summed E-state index contributed by atoms with van der Waals surface area (Å²) in [5, 5.41) is 38.2. The van der Waals surface area contributed by atoms with Crippen LogP contribution in [0.4, 0.5) is 26.3 Å². The van der Waals surface area contributed by atoms with Gasteiger partial charge in [0.05, 0.1) is 21.9 Å². The van der Waals surface area contributed by atoms with Crippen LogP contribution in [0.1, 0.15) is 52.6 Å². The van der Waals surface area contributed by atoms with Gasteiger partial charge in [0.15, 0.2) is 0 Å². The third-order valence-corrected chi connectivity index (χ3v) is 8.33. The highest BCUT2D eigenvalue weighted by Crippen LogP contribution is 2.56. The van der Waals surface area contributed by atoms with Crippen LogP contribution in [0.25, 0.3) is 44.6 Å². The smallest absolute Gasteiger partial charge is 0.411 e. The van der Waals surface area contributed by atoms with Crippen LogP contribution in [0.15, 0.2) is 93.8 Å². The normalized spacial score (nSPS) is 12.4. The molecule has 0 aliphatic rings. The highest BCUT2D eigenvalue weighted by atomic mass is 19.4. The van der Waals surface area contributed by atoms with E-state index in [-0.39, 0.29) is 33.1 Å². The van der Waals surface area contributed by atoms with E-state index in [1.54, 1.807) is 0 Å². The van der Waals surface area contributed by atoms with Crippen LogP contribution in [0, 0.1) is 0 Å². The zero-order chi connectivity index (χ0) is 37.2. The van der Waals surface area contributed by atoms with E-state index in [4.69, 9.17) is 8.83 Å². The van der Waals surface area contributed by atoms with E-state index in [0.717, 1.165) is 36.4 Å². The maximum atomic E-state index is 14.9. The van der Waals surface area contributed by atoms with Gasteiger partial charge in [-0.25, -0.2) is 19.2 Å². The molecule has 6 rings (SSSR count). The van der Waals surface area contributed by atoms with Gasteiger partial charge in [-0.15, -0.1) is 0 Å². The third kappa shape index (κ3) is 5.22. The van der Waals surface area contributed by atoms with Crippen molar-refractivity contribution in [2.75, 3.05) is 0 Å². The molecule has 16 heteroatoms. The summed E-state index contributed by atoms with van der Waals surface area (Å²) in [4.78, 5) is 47.9. The molecule has 4 N–H and O–H groups in total. The number of aromatic carboxylic acids is 4. The summed E-state index contributed by atoms with van der Waals surface area (Å²) in [6, 6.07) is 12.2. The molecule has 0 aliphatic carbocycles. The Morgan fingerprint density at radius 3 is 1.08 bits per heavy atom. The van der Waals surface area contributed by atoms with Gasteiger partial charge in [0.2, 0.25) is 5.41 Å². The summed E-state index contributed by atoms with van der Waals surface area (Å²) in [6.07, 6.45) is -12.1. The minimum absolute atomic E-state index is 0.207. The van der Waals surface area contributed by atoms with Gasteiger partial charge in [-0.05, 0) is 35.4 Å². The van der Waals surface area contributed by atoms with Gasteiger partial charge in [-0.3, -0.25) is 0 Å². The molecule has 2 heterocycles. The summed E-state index contributed by atoms with van der Waals surface area (Å²) >= 11 is 0. The Bertz CT molecular complexity index is 2230. The summed E-state index contributed by atoms with van der Waals surface area (Å²) in [7, 11) is 0. The number of carboxylic acid groups (broad SMARTS) is 4. The number of rotatable bonds is 8. The molecule has 0 spiro atoms. The Balaban J connectivity index is 1.51. The van der Waals surface area contributed by atoms with Crippen molar-refractivity contribution in [3.8, 4) is 22.6 Å². The lowest BCUT2D eigenvalue weighted by molar-refractivity contribution is -0.288. The molecular formula is C35H18F6O10. The number of furan rings is 2. The Kier molecular flexibility index (Phi) is 7.92. The highest BCUT2D eigenvalue weighted by molar-refractivity contribution is 6.16. The molecule has 0 saturated carbocycles. The van der Waals surface area contributed by atoms with Crippen molar-refractivity contribution in [2.24, 2.45) is 0 Å². The number of benzene rings is 4. The van der Waals surface area contributed by atoms with Crippen molar-refractivity contribution in [3.05, 3.63) is 118 Å². The maximum absolute atomic E-state index is 14.9. The molecule has 4 aromatic carbocycles. The lowest BCUT2D eigenvalue weighted by Gasteiger charge is -2.38. The first-order valence-electron chi connectivity index (χ1n) is 14.3. The Morgan fingerprint density at radius 1 is 0.471 bits per heavy atom. The minimum atomic E-state index is -6.04. The largest absolute Gasteiger partial charge is 0.478 e. The van der Waals surface area contributed by atoms with Gasteiger partial charge in [0.1, 0.15) is 33.8 Å². The van der Waals surface area contributed by atoms with Gasteiger partial charge in [-0.2, -0.15) is 26.3 Å². The molecule has 2 aromatic heterocycles. The highest BCUT2D eigenvalue weighted by Gasteiger charge is 2.72. The second kappa shape index (κ2) is 11.8. The van der Waals surface area contributed by atoms with Crippen molar-refractivity contribution in [2.45, 2.75) is 17.8 Å². The molecule has 0 radical (unpaired) electrons. The predicted octanol–water partition coefficient (Wildman–Crippen LogP) is 8.72. The van der Waals surface area contributed by atoms with Crippen LogP contribution in [-0.4, -0.2) is 56.7 Å². The fourth-order valence-corrected chi connectivity index (χ4v) is 6.19. The quantitative estimate of drug-likeness (QED) is 0.112. The topological polar surface area (TPSA) is 175 Å². The van der Waals surface area contributed by atoms with E-state index >= 15 is 0 Å². The van der Waals surface area contributed by atoms with Gasteiger partial charge in [-0.1, -0.05) is 60.7 Å². The number of fused-ring (bicyclic) bond motifs is 2. The third-order valence-electron chi connectivity index (χ3n) is 8.33. The molecule has 0 aliphatic heterocycles. The van der Waals surface area contributed by atoms with Crippen molar-refractivity contribution >= 4 is 45.8 Å². The van der Waals surface area contributed by atoms with E-state index in [1.807, 2.05) is 0 Å². The zero-order valence-electron chi connectivity index (χ0n) is 25.1. The molecule has 0 saturated heterocycles. The molecular weight excluding hydrogens is 694 g/mol. The molecule has 0 atom stereocenters. The first-order chi connectivity index (χ1) is 23.9. The van der Waals surface area contributed by atoms with E-state index in [2.05, 4.69) is 0 Å². The van der Waals surface area contributed by atoms with Gasteiger partial charge < -0.3 is 29.3 Å². The van der Waals surface area contributed by atoms with E-state index in [1.165, 1.54) is 24.3 Å². The monoisotopic (exact) mass is 712 g/mol. The Morgan fingerprint density at radius 2 is 0.804 bits per heavy atom. The van der Waals surface area contributed by atoms with Crippen molar-refractivity contribution in [1.29, 1.82) is 0 Å². The molecule has 10 nitrogen and oxygen atoms in total. The number of hydrogen-bond acceptors (Lipinski definition) is 6. The molecule has 0 unspecified atom stereocenters. The van der Waals surface area contributed by atoms with E-state index < -0.39 is 86.5 Å². The molecule has 51 heavy (non-hydrogen) atoms. The SMILES string of the molecule is O=C(O)c1cccc2oc(-c3ccc(C(c4ccc(-c5oc6cccc(C(=O)O)c6c5C(=O)O)cc4)(C(F)(F)F)C(F)(F)F)cc3)c(C(=O)O)c12. The molecule has 260 valence electrons. The zero-order valence-corrected chi connectivity index (χ0v) is 25.1. The average Bonchev–Trinajstić information content (AvgIpc) is 3.64. The van der Waals surface area contributed by atoms with Crippen LogP contribution in [0.2, 0.25) is 0 Å². The first kappa shape index (κ1) is 34.3. The Hall–Kier alpha value is -6.58. The second-order valence-corrected chi connectivity index (χ2v) is 11.1. The first-order valence-corrected chi connectivity index (χ1v) is 14.3. The second-order valence-electron chi connectivity index (χ2n) is 11.1. The number of hydrogen-bond donors (Lipinski definition) is 4. The lowest BCUT2D eigenvalue weighted by atomic mass is 9.72. The molecule has 6 aromatic rings. The summed E-state index contributed by atoms with van der Waals surface area (Å²) < 4.78 is 101. The standard InChI is InChI=1S/C35H18F6O10/c36-34(37,38)33(35(39,40)41,17-11-7-15(8-12-17)27-25(31(46)47)23-19(29(42)43)3-1-5-21(23)50-27)18-13-9-16(10-14-18)28-26(32(48)49)24-20(30(44)45)4-2-6-22(24)51-28/h1-14H,(H,42,43)(H,44,45)(H,46,47)(H,48,49). The lowest BCUT2D eigenvalue weighted by Crippen LogP contribution is -2.54. The minimum Gasteiger partial charge on any atom is -0.478 e. The fraction of sp³-hybridized carbons (Fsp3) is 0.0857. The van der Waals surface area contributed by atoms with E-state index in [9.17, 15) is 65.9 Å². The van der Waals surface area contributed by atoms with Gasteiger partial charge in [0, 0.05) is 11.1 Å². The number of halogens is 6. The fourth-order valence-electron chi connectivity index (χ4n) is 6.19. The van der Waals surface area contributed by atoms with Crippen LogP contribution < -0.4 is 0 Å². The number of carbonyl (C=O) groups is 4. The van der Waals surface area contributed by atoms with Crippen LogP contribution in [0.5, 0.6) is 0 Å². The van der Waals surface area contributed by atoms with Crippen molar-refractivity contribution < 1.29 is 74.8 Å². The van der Waals surface area contributed by atoms with Gasteiger partial charge >= 0.3 is 36.2 Å². The molecule has 0 amide bonds. The van der Waals surface area contributed by atoms with Crippen LogP contribution >= 0.6 is 0 Å². The van der Waals surface area contributed by atoms with Crippen molar-refractivity contribution in [1.82, 2.24) is 0 Å². The summed E-state index contributed by atoms with van der Waals surface area (Å²) in [6.45, 7) is 0. The van der Waals surface area contributed by atoms with E-state index in [0.29, 0.717) is 24.3 Å². The number of carboxylic acids is 4.